The van der Waals surface area contributed by atoms with Gasteiger partial charge in [-0.25, -0.2) is 0 Å². The number of hydrogen-bond acceptors (Lipinski definition) is 8. The SMILES string of the molecule is COc1c(NCCCNc2c(NCCc3ccccc3)c(=O)c2=O)c(=O)c1=O. The van der Waals surface area contributed by atoms with E-state index in [1.54, 1.807) is 0 Å². The maximum atomic E-state index is 11.8. The Hall–Kier alpha value is -3.42. The minimum absolute atomic E-state index is 0.0466. The van der Waals surface area contributed by atoms with Crippen LogP contribution in [0.2, 0.25) is 0 Å². The molecule has 0 saturated carbocycles. The van der Waals surface area contributed by atoms with Crippen LogP contribution in [0, 0.1) is 0 Å². The van der Waals surface area contributed by atoms with Gasteiger partial charge in [-0.05, 0) is 18.4 Å². The molecule has 0 aromatic heterocycles. The van der Waals surface area contributed by atoms with Gasteiger partial charge in [0.1, 0.15) is 17.1 Å². The molecule has 3 aromatic rings. The van der Waals surface area contributed by atoms with Crippen molar-refractivity contribution in [1.29, 1.82) is 0 Å². The minimum Gasteiger partial charge on any atom is -0.491 e. The zero-order chi connectivity index (χ0) is 20.1. The Morgan fingerprint density at radius 3 is 1.86 bits per heavy atom. The summed E-state index contributed by atoms with van der Waals surface area (Å²) >= 11 is 0. The molecule has 0 atom stereocenters. The van der Waals surface area contributed by atoms with E-state index in [1.807, 2.05) is 30.3 Å². The molecule has 0 fully saturated rings. The lowest BCUT2D eigenvalue weighted by Gasteiger charge is -2.15. The molecule has 0 aliphatic heterocycles. The zero-order valence-corrected chi connectivity index (χ0v) is 15.5. The van der Waals surface area contributed by atoms with Crippen molar-refractivity contribution in [3.05, 3.63) is 76.8 Å². The molecule has 3 rings (SSSR count). The first-order valence-electron chi connectivity index (χ1n) is 9.00. The van der Waals surface area contributed by atoms with Crippen LogP contribution < -0.4 is 42.4 Å². The summed E-state index contributed by atoms with van der Waals surface area (Å²) in [6.07, 6.45) is 1.32. The molecule has 3 N–H and O–H groups in total. The highest BCUT2D eigenvalue weighted by atomic mass is 16.5. The van der Waals surface area contributed by atoms with E-state index in [0.717, 1.165) is 12.0 Å². The van der Waals surface area contributed by atoms with Crippen LogP contribution in [-0.2, 0) is 6.42 Å². The minimum atomic E-state index is -0.627. The summed E-state index contributed by atoms with van der Waals surface area (Å²) in [7, 11) is 1.33. The van der Waals surface area contributed by atoms with Gasteiger partial charge in [-0.3, -0.25) is 19.2 Å². The Balaban J connectivity index is 1.44. The Bertz CT molecular complexity index is 1090. The molecular weight excluding hydrogens is 362 g/mol. The summed E-state index contributed by atoms with van der Waals surface area (Å²) in [5, 5.41) is 8.84. The van der Waals surface area contributed by atoms with Crippen LogP contribution in [-0.4, -0.2) is 26.7 Å². The molecule has 0 aliphatic rings. The van der Waals surface area contributed by atoms with Gasteiger partial charge >= 0.3 is 0 Å². The Kier molecular flexibility index (Phi) is 5.88. The molecule has 28 heavy (non-hydrogen) atoms. The molecule has 3 aromatic carbocycles. The molecule has 8 heteroatoms. The molecular formula is C20H21N3O5. The Labute approximate surface area is 160 Å². The third kappa shape index (κ3) is 3.80. The van der Waals surface area contributed by atoms with Gasteiger partial charge in [0.05, 0.1) is 7.11 Å². The zero-order valence-electron chi connectivity index (χ0n) is 15.5. The summed E-state index contributed by atoms with van der Waals surface area (Å²) in [5.41, 5.74) is -0.313. The first-order chi connectivity index (χ1) is 13.5. The van der Waals surface area contributed by atoms with E-state index in [1.165, 1.54) is 7.11 Å². The summed E-state index contributed by atoms with van der Waals surface area (Å²) < 4.78 is 4.85. The van der Waals surface area contributed by atoms with E-state index < -0.39 is 21.7 Å². The second-order valence-electron chi connectivity index (χ2n) is 6.34. The van der Waals surface area contributed by atoms with Crippen LogP contribution in [0.15, 0.2) is 49.5 Å². The van der Waals surface area contributed by atoms with Crippen LogP contribution in [0.3, 0.4) is 0 Å². The van der Waals surface area contributed by atoms with Gasteiger partial charge in [-0.2, -0.15) is 0 Å². The van der Waals surface area contributed by atoms with Gasteiger partial charge in [0.25, 0.3) is 21.7 Å². The first kappa shape index (κ1) is 19.3. The van der Waals surface area contributed by atoms with Gasteiger partial charge in [0.2, 0.25) is 0 Å². The monoisotopic (exact) mass is 383 g/mol. The van der Waals surface area contributed by atoms with E-state index in [4.69, 9.17) is 4.74 Å². The molecule has 0 radical (unpaired) electrons. The quantitative estimate of drug-likeness (QED) is 0.323. The maximum absolute atomic E-state index is 11.8. The molecule has 0 heterocycles. The average Bonchev–Trinajstić information content (AvgIpc) is 2.73. The molecule has 0 bridgehead atoms. The normalized spacial score (nSPS) is 10.9. The van der Waals surface area contributed by atoms with E-state index in [2.05, 4.69) is 16.0 Å². The summed E-state index contributed by atoms with van der Waals surface area (Å²) in [5.74, 6) is 0.0466. The lowest BCUT2D eigenvalue weighted by molar-refractivity contribution is 0.407. The second-order valence-corrected chi connectivity index (χ2v) is 6.34. The number of anilines is 3. The van der Waals surface area contributed by atoms with Crippen molar-refractivity contribution >= 4 is 17.1 Å². The topological polar surface area (TPSA) is 114 Å². The van der Waals surface area contributed by atoms with Gasteiger partial charge in [0, 0.05) is 19.6 Å². The van der Waals surface area contributed by atoms with E-state index in [9.17, 15) is 19.2 Å². The summed E-state index contributed by atoms with van der Waals surface area (Å²) in [4.78, 5) is 46.2. The van der Waals surface area contributed by atoms with Gasteiger partial charge in [0.15, 0.2) is 5.75 Å². The highest BCUT2D eigenvalue weighted by molar-refractivity contribution is 5.74. The largest absolute Gasteiger partial charge is 0.491 e. The predicted molar refractivity (Wildman–Crippen MR) is 109 cm³/mol. The number of ether oxygens (including phenoxy) is 1. The Morgan fingerprint density at radius 2 is 1.25 bits per heavy atom. The third-order valence-electron chi connectivity index (χ3n) is 4.50. The van der Waals surface area contributed by atoms with Crippen molar-refractivity contribution in [1.82, 2.24) is 0 Å². The number of benzene rings is 1. The number of hydrogen-bond donors (Lipinski definition) is 3. The van der Waals surface area contributed by atoms with Gasteiger partial charge in [-0.15, -0.1) is 0 Å². The van der Waals surface area contributed by atoms with Crippen LogP contribution in [0.4, 0.5) is 17.1 Å². The van der Waals surface area contributed by atoms with E-state index in [-0.39, 0.29) is 11.4 Å². The van der Waals surface area contributed by atoms with Gasteiger partial charge in [-0.1, -0.05) is 30.3 Å². The van der Waals surface area contributed by atoms with Crippen molar-refractivity contribution < 1.29 is 4.74 Å². The highest BCUT2D eigenvalue weighted by Gasteiger charge is 2.22. The van der Waals surface area contributed by atoms with Crippen molar-refractivity contribution in [2.75, 3.05) is 42.7 Å². The standard InChI is InChI=1S/C20H21N3O5/c1-28-20-15(18(26)19(20)27)22-10-5-9-21-13-14(17(25)16(13)24)23-11-8-12-6-3-2-4-7-12/h2-4,6-7,21-23H,5,8-11H2,1H3. The smallest absolute Gasteiger partial charge is 0.271 e. The fourth-order valence-electron chi connectivity index (χ4n) is 2.95. The lowest BCUT2D eigenvalue weighted by Crippen LogP contribution is -2.38. The van der Waals surface area contributed by atoms with Crippen molar-refractivity contribution in [3.8, 4) is 5.75 Å². The van der Waals surface area contributed by atoms with Crippen LogP contribution in [0.1, 0.15) is 12.0 Å². The summed E-state index contributed by atoms with van der Waals surface area (Å²) in [6, 6.07) is 9.84. The predicted octanol–water partition coefficient (Wildman–Crippen LogP) is 0.456. The summed E-state index contributed by atoms with van der Waals surface area (Å²) in [6.45, 7) is 1.40. The number of rotatable bonds is 11. The van der Waals surface area contributed by atoms with E-state index >= 15 is 0 Å². The highest BCUT2D eigenvalue weighted by Crippen LogP contribution is 2.17. The van der Waals surface area contributed by atoms with Crippen LogP contribution in [0.25, 0.3) is 0 Å². The molecule has 0 aliphatic carbocycles. The first-order valence-corrected chi connectivity index (χ1v) is 9.00. The van der Waals surface area contributed by atoms with Gasteiger partial charge < -0.3 is 20.7 Å². The van der Waals surface area contributed by atoms with Crippen molar-refractivity contribution in [2.24, 2.45) is 0 Å². The second kappa shape index (κ2) is 8.51. The molecule has 0 spiro atoms. The number of nitrogens with one attached hydrogen (secondary N) is 3. The van der Waals surface area contributed by atoms with E-state index in [0.29, 0.717) is 37.4 Å². The molecule has 8 nitrogen and oxygen atoms in total. The van der Waals surface area contributed by atoms with Crippen molar-refractivity contribution in [3.63, 3.8) is 0 Å². The molecule has 0 amide bonds. The van der Waals surface area contributed by atoms with Crippen LogP contribution in [0.5, 0.6) is 5.75 Å². The maximum Gasteiger partial charge on any atom is 0.271 e. The number of methoxy groups -OCH3 is 1. The van der Waals surface area contributed by atoms with Crippen molar-refractivity contribution in [2.45, 2.75) is 12.8 Å². The molecule has 0 unspecified atom stereocenters. The fourth-order valence-corrected chi connectivity index (χ4v) is 2.95. The Morgan fingerprint density at radius 1 is 0.714 bits per heavy atom. The lowest BCUT2D eigenvalue weighted by atomic mass is 10.1. The third-order valence-corrected chi connectivity index (χ3v) is 4.50. The molecule has 0 saturated heterocycles. The average molecular weight is 383 g/mol. The fraction of sp³-hybridized carbons (Fsp3) is 0.300. The van der Waals surface area contributed by atoms with Crippen LogP contribution >= 0.6 is 0 Å². The molecule has 146 valence electrons.